The Bertz CT molecular complexity index is 210. The zero-order valence-electron chi connectivity index (χ0n) is 8.77. The molecule has 0 aliphatic heterocycles. The van der Waals surface area contributed by atoms with Gasteiger partial charge in [0, 0.05) is 5.75 Å². The summed E-state index contributed by atoms with van der Waals surface area (Å²) in [5.41, 5.74) is 5.26. The molecule has 0 radical (unpaired) electrons. The van der Waals surface area contributed by atoms with Crippen LogP contribution in [0.4, 0.5) is 4.79 Å². The summed E-state index contributed by atoms with van der Waals surface area (Å²) in [5, 5.41) is 8.11. The first-order valence-electron chi connectivity index (χ1n) is 4.85. The molecule has 0 aromatic carbocycles. The number of hydrogen-bond donors (Lipinski definition) is 2. The molecule has 3 N–H and O–H groups in total. The van der Waals surface area contributed by atoms with Gasteiger partial charge in [-0.2, -0.15) is 0 Å². The van der Waals surface area contributed by atoms with Gasteiger partial charge in [0.05, 0.1) is 6.61 Å². The van der Waals surface area contributed by atoms with Crippen LogP contribution in [-0.4, -0.2) is 34.8 Å². The Hall–Kier alpha value is -0.750. The summed E-state index contributed by atoms with van der Waals surface area (Å²) in [6, 6.07) is -0.902. The molecular weight excluding hydrogens is 218 g/mol. The summed E-state index contributed by atoms with van der Waals surface area (Å²) in [4.78, 5) is 21.4. The predicted molar refractivity (Wildman–Crippen MR) is 58.9 cm³/mol. The molecular formula is C9H17NO4S. The van der Waals surface area contributed by atoms with Crippen molar-refractivity contribution in [2.75, 3.05) is 12.4 Å². The number of unbranched alkanes of at least 4 members (excludes halogenated alkanes) is 1. The maximum atomic E-state index is 11.0. The van der Waals surface area contributed by atoms with Crippen molar-refractivity contribution in [2.45, 2.75) is 32.2 Å². The average molecular weight is 235 g/mol. The number of thioether (sulfide) groups is 1. The van der Waals surface area contributed by atoms with Crippen LogP contribution in [0.1, 0.15) is 26.2 Å². The quantitative estimate of drug-likeness (QED) is 0.513. The highest BCUT2D eigenvalue weighted by Crippen LogP contribution is 2.08. The lowest BCUT2D eigenvalue weighted by molar-refractivity contribution is -0.138. The van der Waals surface area contributed by atoms with E-state index >= 15 is 0 Å². The predicted octanol–water partition coefficient (Wildman–Crippen LogP) is 1.46. The van der Waals surface area contributed by atoms with Gasteiger partial charge in [0.25, 0.3) is 0 Å². The van der Waals surface area contributed by atoms with E-state index in [2.05, 4.69) is 0 Å². The van der Waals surface area contributed by atoms with Gasteiger partial charge in [-0.1, -0.05) is 13.3 Å². The van der Waals surface area contributed by atoms with Gasteiger partial charge in [-0.3, -0.25) is 4.79 Å². The van der Waals surface area contributed by atoms with E-state index in [0.29, 0.717) is 12.4 Å². The highest BCUT2D eigenvalue weighted by molar-refractivity contribution is 8.13. The van der Waals surface area contributed by atoms with Crippen molar-refractivity contribution in [3.05, 3.63) is 0 Å². The minimum atomic E-state index is -1.05. The normalized spacial score (nSPS) is 12.1. The van der Waals surface area contributed by atoms with Crippen LogP contribution in [-0.2, 0) is 9.53 Å². The van der Waals surface area contributed by atoms with Crippen molar-refractivity contribution in [1.29, 1.82) is 0 Å². The zero-order valence-corrected chi connectivity index (χ0v) is 9.59. The minimum Gasteiger partial charge on any atom is -0.480 e. The maximum absolute atomic E-state index is 11.0. The van der Waals surface area contributed by atoms with Crippen LogP contribution in [0.5, 0.6) is 0 Å². The molecule has 0 heterocycles. The van der Waals surface area contributed by atoms with Gasteiger partial charge in [-0.15, -0.1) is 0 Å². The fourth-order valence-corrected chi connectivity index (χ4v) is 1.44. The van der Waals surface area contributed by atoms with Gasteiger partial charge in [-0.25, -0.2) is 4.79 Å². The van der Waals surface area contributed by atoms with Crippen molar-refractivity contribution in [1.82, 2.24) is 0 Å². The summed E-state index contributed by atoms with van der Waals surface area (Å²) in [6.07, 6.45) is 2.09. The lowest BCUT2D eigenvalue weighted by Crippen LogP contribution is -2.30. The fraction of sp³-hybridized carbons (Fsp3) is 0.778. The Labute approximate surface area is 93.4 Å². The number of aliphatic carboxylic acids is 1. The van der Waals surface area contributed by atoms with E-state index in [-0.39, 0.29) is 11.7 Å². The van der Waals surface area contributed by atoms with Crippen LogP contribution in [0.2, 0.25) is 0 Å². The molecule has 0 saturated heterocycles. The van der Waals surface area contributed by atoms with Crippen molar-refractivity contribution in [3.8, 4) is 0 Å². The molecule has 1 atom stereocenters. The molecule has 0 amide bonds. The third kappa shape index (κ3) is 8.26. The third-order valence-corrected chi connectivity index (χ3v) is 2.48. The second-order valence-electron chi connectivity index (χ2n) is 3.03. The minimum absolute atomic E-state index is 0.267. The molecule has 0 saturated carbocycles. The molecule has 0 unspecified atom stereocenters. The molecule has 0 aromatic rings. The van der Waals surface area contributed by atoms with Crippen LogP contribution < -0.4 is 5.73 Å². The smallest absolute Gasteiger partial charge is 0.367 e. The van der Waals surface area contributed by atoms with Gasteiger partial charge in [0.2, 0.25) is 0 Å². The largest absolute Gasteiger partial charge is 0.480 e. The molecule has 6 heteroatoms. The van der Waals surface area contributed by atoms with E-state index < -0.39 is 12.0 Å². The summed E-state index contributed by atoms with van der Waals surface area (Å²) in [5.74, 6) is -0.673. The Morgan fingerprint density at radius 2 is 2.20 bits per heavy atom. The molecule has 0 rings (SSSR count). The highest BCUT2D eigenvalue weighted by atomic mass is 32.2. The topological polar surface area (TPSA) is 89.6 Å². The van der Waals surface area contributed by atoms with Crippen molar-refractivity contribution < 1.29 is 19.4 Å². The van der Waals surface area contributed by atoms with Gasteiger partial charge in [0.15, 0.2) is 0 Å². The molecule has 0 bridgehead atoms. The van der Waals surface area contributed by atoms with Crippen LogP contribution in [0.25, 0.3) is 0 Å². The number of ether oxygens (including phenoxy) is 1. The monoisotopic (exact) mass is 235 g/mol. The SMILES string of the molecule is CCCCOC(=O)SCC[C@H](N)C(=O)O. The summed E-state index contributed by atoms with van der Waals surface area (Å²) >= 11 is 0.968. The average Bonchev–Trinajstić information content (AvgIpc) is 2.18. The first kappa shape index (κ1) is 14.2. The molecule has 0 aliphatic carbocycles. The number of carbonyl (C=O) groups is 2. The summed E-state index contributed by atoms with van der Waals surface area (Å²) < 4.78 is 4.86. The summed E-state index contributed by atoms with van der Waals surface area (Å²) in [6.45, 7) is 2.43. The van der Waals surface area contributed by atoms with Gasteiger partial charge in [-0.05, 0) is 24.6 Å². The Morgan fingerprint density at radius 1 is 1.53 bits per heavy atom. The number of nitrogens with two attached hydrogens (primary N) is 1. The van der Waals surface area contributed by atoms with E-state index in [0.717, 1.165) is 24.6 Å². The molecule has 88 valence electrons. The number of carboxylic acid groups (broad SMARTS) is 1. The second-order valence-corrected chi connectivity index (χ2v) is 4.06. The molecule has 0 spiro atoms. The molecule has 0 aromatic heterocycles. The maximum Gasteiger partial charge on any atom is 0.367 e. The lowest BCUT2D eigenvalue weighted by atomic mass is 10.2. The number of carbonyl (C=O) groups excluding carboxylic acids is 1. The first-order valence-corrected chi connectivity index (χ1v) is 5.84. The molecule has 0 fully saturated rings. The zero-order chi connectivity index (χ0) is 11.7. The number of rotatable bonds is 7. The fourth-order valence-electron chi connectivity index (χ4n) is 0.734. The van der Waals surface area contributed by atoms with E-state index in [4.69, 9.17) is 15.6 Å². The van der Waals surface area contributed by atoms with Crippen LogP contribution in [0.15, 0.2) is 0 Å². The van der Waals surface area contributed by atoms with Crippen molar-refractivity contribution >= 4 is 23.0 Å². The van der Waals surface area contributed by atoms with Crippen molar-refractivity contribution in [2.24, 2.45) is 5.73 Å². The van der Waals surface area contributed by atoms with E-state index in [1.54, 1.807) is 0 Å². The molecule has 15 heavy (non-hydrogen) atoms. The first-order chi connectivity index (χ1) is 7.07. The summed E-state index contributed by atoms with van der Waals surface area (Å²) in [7, 11) is 0. The van der Waals surface area contributed by atoms with E-state index in [9.17, 15) is 9.59 Å². The molecule has 0 aliphatic rings. The Morgan fingerprint density at radius 3 is 2.73 bits per heavy atom. The third-order valence-electron chi connectivity index (χ3n) is 1.68. The van der Waals surface area contributed by atoms with E-state index in [1.165, 1.54) is 0 Å². The second kappa shape index (κ2) is 8.55. The highest BCUT2D eigenvalue weighted by Gasteiger charge is 2.12. The Balaban J connectivity index is 3.42. The Kier molecular flexibility index (Phi) is 8.12. The van der Waals surface area contributed by atoms with E-state index in [1.807, 2.05) is 6.92 Å². The number of hydrogen-bond acceptors (Lipinski definition) is 5. The van der Waals surface area contributed by atoms with Crippen molar-refractivity contribution in [3.63, 3.8) is 0 Å². The van der Waals surface area contributed by atoms with Crippen LogP contribution in [0.3, 0.4) is 0 Å². The lowest BCUT2D eigenvalue weighted by Gasteiger charge is -2.05. The van der Waals surface area contributed by atoms with Gasteiger partial charge >= 0.3 is 11.3 Å². The van der Waals surface area contributed by atoms with Gasteiger partial charge in [0.1, 0.15) is 6.04 Å². The standard InChI is InChI=1S/C9H17NO4S/c1-2-3-5-14-9(13)15-6-4-7(10)8(11)12/h7H,2-6,10H2,1H3,(H,11,12)/t7-/m0/s1. The van der Waals surface area contributed by atoms with Crippen LogP contribution >= 0.6 is 11.8 Å². The van der Waals surface area contributed by atoms with Gasteiger partial charge < -0.3 is 15.6 Å². The molecule has 5 nitrogen and oxygen atoms in total. The number of carboxylic acids is 1. The van der Waals surface area contributed by atoms with Crippen LogP contribution in [0, 0.1) is 0 Å².